The average molecular weight is 633 g/mol. The van der Waals surface area contributed by atoms with Crippen LogP contribution in [0.15, 0.2) is 48.5 Å². The van der Waals surface area contributed by atoms with Crippen LogP contribution in [-0.2, 0) is 16.2 Å². The van der Waals surface area contributed by atoms with Crippen LogP contribution in [-0.4, -0.2) is 101 Å². The summed E-state index contributed by atoms with van der Waals surface area (Å²) >= 11 is 0. The summed E-state index contributed by atoms with van der Waals surface area (Å²) in [7, 11) is 2.09. The van der Waals surface area contributed by atoms with Gasteiger partial charge in [-0.25, -0.2) is 0 Å². The first kappa shape index (κ1) is 33.1. The van der Waals surface area contributed by atoms with E-state index < -0.39 is 24.2 Å². The molecule has 2 aliphatic heterocycles. The number of carbonyl (C=O) groups is 2. The maximum Gasteiger partial charge on any atom is 0.253 e. The van der Waals surface area contributed by atoms with Gasteiger partial charge < -0.3 is 25.3 Å². The van der Waals surface area contributed by atoms with Gasteiger partial charge >= 0.3 is 0 Å². The highest BCUT2D eigenvalue weighted by Crippen LogP contribution is 2.61. The summed E-state index contributed by atoms with van der Waals surface area (Å²) in [6.45, 7) is 12.0. The van der Waals surface area contributed by atoms with E-state index in [0.717, 1.165) is 55.7 Å². The van der Waals surface area contributed by atoms with Crippen molar-refractivity contribution in [3.63, 3.8) is 0 Å². The molecule has 2 heterocycles. The topological polar surface area (TPSA) is 106 Å². The van der Waals surface area contributed by atoms with Crippen LogP contribution < -0.4 is 5.32 Å². The van der Waals surface area contributed by atoms with Gasteiger partial charge in [-0.2, -0.15) is 5.06 Å². The summed E-state index contributed by atoms with van der Waals surface area (Å²) in [5.74, 6) is 0.904. The van der Waals surface area contributed by atoms with Crippen LogP contribution in [0.25, 0.3) is 11.1 Å². The monoisotopic (exact) mass is 632 g/mol. The van der Waals surface area contributed by atoms with Crippen LogP contribution >= 0.6 is 0 Å². The van der Waals surface area contributed by atoms with E-state index in [-0.39, 0.29) is 24.5 Å². The maximum atomic E-state index is 14.0. The van der Waals surface area contributed by atoms with Crippen molar-refractivity contribution in [2.24, 2.45) is 29.1 Å². The molecule has 2 aromatic carbocycles. The number of benzene rings is 2. The average Bonchev–Trinajstić information content (AvgIpc) is 3.27. The number of hydrogen-bond donors (Lipinski definition) is 3. The lowest BCUT2D eigenvalue weighted by atomic mass is 9.45. The van der Waals surface area contributed by atoms with E-state index in [0.29, 0.717) is 35.3 Å². The highest BCUT2D eigenvalue weighted by molar-refractivity contribution is 5.95. The van der Waals surface area contributed by atoms with Gasteiger partial charge in [0.05, 0.1) is 19.3 Å². The first-order valence-corrected chi connectivity index (χ1v) is 17.2. The summed E-state index contributed by atoms with van der Waals surface area (Å²) in [6.07, 6.45) is 1.63. The Balaban J connectivity index is 1.19. The Bertz CT molecular complexity index is 1410. The number of hydrogen-bond acceptors (Lipinski definition) is 7. The van der Waals surface area contributed by atoms with Crippen molar-refractivity contribution >= 4 is 11.8 Å². The highest BCUT2D eigenvalue weighted by Gasteiger charge is 2.57. The standard InChI is InChI=1S/C37H52N4O5/c1-23-30-19-29(37(30,3)4)20-31(23)38-35(44)34-33(24(2)43)32(22-42)46-41(34)21-25-9-6-10-26(17-25)27-11-7-12-28(18-27)36(45)40-14-8-13-39(5)15-16-40/h6-7,9-12,17-18,23-24,29-34,42-43H,8,13-16,19-22H2,1-5H3,(H,38,44)/t23-,24-,29-,30+,31-,32-,33+,34-/m0/s1. The molecule has 3 saturated carbocycles. The molecule has 0 unspecified atom stereocenters. The van der Waals surface area contributed by atoms with E-state index in [1.165, 1.54) is 6.42 Å². The number of carbonyl (C=O) groups excluding carboxylic acids is 2. The molecule has 2 saturated heterocycles. The fraction of sp³-hybridized carbons (Fsp3) is 0.622. The number of likely N-dealkylation sites (N-methyl/N-ethyl adjacent to an activating group) is 1. The lowest BCUT2D eigenvalue weighted by Gasteiger charge is -2.62. The largest absolute Gasteiger partial charge is 0.394 e. The molecule has 0 radical (unpaired) electrons. The smallest absolute Gasteiger partial charge is 0.253 e. The van der Waals surface area contributed by atoms with E-state index in [1.54, 1.807) is 12.0 Å². The fourth-order valence-electron chi connectivity index (χ4n) is 8.78. The number of nitrogens with one attached hydrogen (secondary N) is 1. The molecule has 5 aliphatic rings. The molecule has 0 spiro atoms. The molecule has 5 fully saturated rings. The predicted octanol–water partition coefficient (Wildman–Crippen LogP) is 3.79. The second kappa shape index (κ2) is 13.4. The van der Waals surface area contributed by atoms with E-state index in [1.807, 2.05) is 47.4 Å². The molecule has 2 amide bonds. The van der Waals surface area contributed by atoms with Gasteiger partial charge in [0.2, 0.25) is 5.91 Å². The van der Waals surface area contributed by atoms with Crippen LogP contribution in [0.5, 0.6) is 0 Å². The van der Waals surface area contributed by atoms with Crippen LogP contribution in [0.2, 0.25) is 0 Å². The van der Waals surface area contributed by atoms with Crippen molar-refractivity contribution in [2.45, 2.75) is 77.8 Å². The molecule has 3 aliphatic carbocycles. The summed E-state index contributed by atoms with van der Waals surface area (Å²) in [5, 5.41) is 26.0. The minimum absolute atomic E-state index is 0.0555. The number of aliphatic hydroxyl groups is 2. The van der Waals surface area contributed by atoms with Crippen molar-refractivity contribution in [1.82, 2.24) is 20.2 Å². The first-order valence-electron chi connectivity index (χ1n) is 17.2. The number of amides is 2. The fourth-order valence-corrected chi connectivity index (χ4v) is 8.78. The Kier molecular flexibility index (Phi) is 9.61. The van der Waals surface area contributed by atoms with E-state index >= 15 is 0 Å². The lowest BCUT2D eigenvalue weighted by Crippen LogP contribution is -2.62. The van der Waals surface area contributed by atoms with Gasteiger partial charge in [-0.1, -0.05) is 51.1 Å². The SMILES string of the molecule is C[C@@H]1[C@@H](NC(=O)[C@@H]2[C@H]([C@H](C)O)[C@H](CO)ON2Cc2cccc(-c3cccc(C(=O)N4CCCN(C)CC4)c3)c2)C[C@@H]2C[C@H]1C2(C)C. The van der Waals surface area contributed by atoms with Crippen molar-refractivity contribution in [1.29, 1.82) is 0 Å². The third kappa shape index (κ3) is 6.37. The van der Waals surface area contributed by atoms with Crippen molar-refractivity contribution in [3.8, 4) is 11.1 Å². The van der Waals surface area contributed by atoms with Gasteiger partial charge in [-0.15, -0.1) is 0 Å². The zero-order valence-electron chi connectivity index (χ0n) is 28.1. The molecule has 46 heavy (non-hydrogen) atoms. The van der Waals surface area contributed by atoms with E-state index in [2.05, 4.69) is 44.1 Å². The zero-order valence-corrected chi connectivity index (χ0v) is 28.1. The predicted molar refractivity (Wildman–Crippen MR) is 177 cm³/mol. The molecular formula is C37H52N4O5. The van der Waals surface area contributed by atoms with Gasteiger partial charge in [0, 0.05) is 37.2 Å². The normalized spacial score (nSPS) is 32.0. The molecule has 7 rings (SSSR count). The van der Waals surface area contributed by atoms with Crippen LogP contribution in [0.4, 0.5) is 0 Å². The molecule has 2 aromatic rings. The molecule has 0 aromatic heterocycles. The Morgan fingerprint density at radius 2 is 1.78 bits per heavy atom. The summed E-state index contributed by atoms with van der Waals surface area (Å²) < 4.78 is 0. The van der Waals surface area contributed by atoms with Crippen molar-refractivity contribution < 1.29 is 24.6 Å². The van der Waals surface area contributed by atoms with Crippen LogP contribution in [0, 0.1) is 29.1 Å². The van der Waals surface area contributed by atoms with Crippen LogP contribution in [0.3, 0.4) is 0 Å². The summed E-state index contributed by atoms with van der Waals surface area (Å²) in [6, 6.07) is 15.2. The summed E-state index contributed by atoms with van der Waals surface area (Å²) in [5.41, 5.74) is 3.83. The van der Waals surface area contributed by atoms with Gasteiger partial charge in [-0.3, -0.25) is 14.4 Å². The van der Waals surface area contributed by atoms with Gasteiger partial charge in [0.15, 0.2) is 0 Å². The maximum absolute atomic E-state index is 14.0. The van der Waals surface area contributed by atoms with Crippen molar-refractivity contribution in [3.05, 3.63) is 59.7 Å². The van der Waals surface area contributed by atoms with Gasteiger partial charge in [0.1, 0.15) is 12.1 Å². The van der Waals surface area contributed by atoms with Crippen LogP contribution in [0.1, 0.15) is 62.9 Å². The Hall–Kier alpha value is -2.82. The van der Waals surface area contributed by atoms with Crippen molar-refractivity contribution in [2.75, 3.05) is 39.8 Å². The molecule has 9 nitrogen and oxygen atoms in total. The van der Waals surface area contributed by atoms with Gasteiger partial charge in [0.25, 0.3) is 5.91 Å². The number of hydroxylamine groups is 2. The minimum atomic E-state index is -0.842. The number of rotatable bonds is 8. The second-order valence-electron chi connectivity index (χ2n) is 15.0. The third-order valence-electron chi connectivity index (χ3n) is 11.8. The molecule has 3 N–H and O–H groups in total. The molecule has 2 bridgehead atoms. The lowest BCUT2D eigenvalue weighted by molar-refractivity contribution is -0.183. The zero-order chi connectivity index (χ0) is 32.7. The second-order valence-corrected chi connectivity index (χ2v) is 15.0. The molecule has 250 valence electrons. The first-order chi connectivity index (χ1) is 22.0. The molecule has 9 heteroatoms. The van der Waals surface area contributed by atoms with E-state index in [9.17, 15) is 19.8 Å². The molecule has 8 atom stereocenters. The number of fused-ring (bicyclic) bond motifs is 2. The highest BCUT2D eigenvalue weighted by atomic mass is 16.7. The quantitative estimate of drug-likeness (QED) is 0.407. The van der Waals surface area contributed by atoms with E-state index in [4.69, 9.17) is 4.84 Å². The third-order valence-corrected chi connectivity index (χ3v) is 11.8. The minimum Gasteiger partial charge on any atom is -0.394 e. The number of aliphatic hydroxyl groups excluding tert-OH is 2. The van der Waals surface area contributed by atoms with Gasteiger partial charge in [-0.05, 0) is 97.8 Å². The number of nitrogens with zero attached hydrogens (tertiary/aromatic N) is 3. The Morgan fingerprint density at radius 3 is 2.48 bits per heavy atom. The molecular weight excluding hydrogens is 580 g/mol. The Morgan fingerprint density at radius 1 is 1.04 bits per heavy atom. The Labute approximate surface area is 273 Å². The summed E-state index contributed by atoms with van der Waals surface area (Å²) in [4.78, 5) is 37.8.